The number of hydrogen-bond acceptors (Lipinski definition) is 2. The van der Waals surface area contributed by atoms with Crippen molar-refractivity contribution in [2.45, 2.75) is 22.2 Å². The molecule has 0 atom stereocenters. The van der Waals surface area contributed by atoms with Gasteiger partial charge in [0, 0.05) is 0 Å². The van der Waals surface area contributed by atoms with E-state index in [0.29, 0.717) is 0 Å². The quantitative estimate of drug-likeness (QED) is 0.766. The Morgan fingerprint density at radius 1 is 1.27 bits per heavy atom. The molecular formula is C9H14NO3SSn. The van der Waals surface area contributed by atoms with Gasteiger partial charge in [-0.3, -0.25) is 0 Å². The summed E-state index contributed by atoms with van der Waals surface area (Å²) in [6, 6.07) is 6.88. The fourth-order valence-electron chi connectivity index (χ4n) is 1.23. The van der Waals surface area contributed by atoms with Crippen molar-refractivity contribution in [2.75, 3.05) is 0 Å². The van der Waals surface area contributed by atoms with Crippen LogP contribution in [0.5, 0.6) is 0 Å². The average Bonchev–Trinajstić information content (AvgIpc) is 2.01. The smallest absolute Gasteiger partial charge is 0.412 e. The molecule has 0 bridgehead atoms. The maximum atomic E-state index is 11.3. The van der Waals surface area contributed by atoms with E-state index in [1.807, 2.05) is 26.0 Å². The first kappa shape index (κ1) is 14.9. The summed E-state index contributed by atoms with van der Waals surface area (Å²) in [6.07, 6.45) is 0. The van der Waals surface area contributed by atoms with Crippen molar-refractivity contribution in [3.8, 4) is 0 Å². The molecule has 83 valence electrons. The Balaban J connectivity index is 0.00000196. The van der Waals surface area contributed by atoms with Gasteiger partial charge in [0.05, 0.1) is 0 Å². The summed E-state index contributed by atoms with van der Waals surface area (Å²) in [5.74, 6) is 0. The molecule has 0 heterocycles. The van der Waals surface area contributed by atoms with Gasteiger partial charge in [0.1, 0.15) is 0 Å². The van der Waals surface area contributed by atoms with E-state index in [0.717, 1.165) is 5.56 Å². The number of rotatable bonds is 2. The van der Waals surface area contributed by atoms with Gasteiger partial charge < -0.3 is 5.48 Å². The monoisotopic (exact) mass is 336 g/mol. The maximum Gasteiger partial charge on any atom is -0.412 e. The van der Waals surface area contributed by atoms with Crippen molar-refractivity contribution in [3.63, 3.8) is 0 Å². The van der Waals surface area contributed by atoms with Crippen molar-refractivity contribution in [1.82, 2.24) is 0 Å². The molecule has 4 nitrogen and oxygen atoms in total. The molecular weight excluding hydrogens is 321 g/mol. The standard InChI is InChI=1S/C9H12NO2S.H2O.Sn/c1-7(2)8-5-3-4-6-9(8)13(10,11)12;;/h3-6H,1-2H3,(H2,10,11,12);1H2;. The normalized spacial score (nSPS) is 12.0. The molecule has 0 aliphatic heterocycles. The van der Waals surface area contributed by atoms with Crippen LogP contribution in [0.2, 0.25) is 0 Å². The minimum absolute atomic E-state index is 0. The molecule has 0 saturated heterocycles. The van der Waals surface area contributed by atoms with Crippen LogP contribution in [-0.4, -0.2) is 36.4 Å². The van der Waals surface area contributed by atoms with E-state index in [9.17, 15) is 8.42 Å². The molecule has 0 aliphatic rings. The SMILES string of the molecule is C[C](C)([Sn])c1ccccc1S(N)(=O)=O.O. The van der Waals surface area contributed by atoms with Crippen LogP contribution in [0.15, 0.2) is 29.2 Å². The minimum atomic E-state index is -3.60. The molecule has 1 aromatic rings. The van der Waals surface area contributed by atoms with E-state index in [2.05, 4.69) is 0 Å². The first-order valence-corrected chi connectivity index (χ1v) is 7.07. The zero-order chi connectivity index (χ0) is 11.0. The van der Waals surface area contributed by atoms with Crippen molar-refractivity contribution in [2.24, 2.45) is 5.14 Å². The summed E-state index contributed by atoms with van der Waals surface area (Å²) in [4.78, 5) is 0.238. The molecule has 0 unspecified atom stereocenters. The van der Waals surface area contributed by atoms with Gasteiger partial charge in [0.15, 0.2) is 0 Å². The van der Waals surface area contributed by atoms with Crippen LogP contribution in [0.3, 0.4) is 0 Å². The number of primary sulfonamides is 1. The third kappa shape index (κ3) is 3.75. The summed E-state index contributed by atoms with van der Waals surface area (Å²) in [6.45, 7) is 3.99. The van der Waals surface area contributed by atoms with E-state index in [-0.39, 0.29) is 13.8 Å². The molecule has 0 aliphatic carbocycles. The van der Waals surface area contributed by atoms with E-state index in [1.165, 1.54) is 22.5 Å². The molecule has 0 amide bonds. The summed E-state index contributed by atoms with van der Waals surface area (Å²) in [5, 5.41) is 5.14. The van der Waals surface area contributed by atoms with Crippen molar-refractivity contribution in [1.29, 1.82) is 0 Å². The third-order valence-electron chi connectivity index (χ3n) is 1.87. The number of nitrogens with two attached hydrogens (primary N) is 1. The van der Waals surface area contributed by atoms with Crippen LogP contribution < -0.4 is 5.14 Å². The van der Waals surface area contributed by atoms with Gasteiger partial charge in [0.25, 0.3) is 0 Å². The molecule has 6 heteroatoms. The Morgan fingerprint density at radius 2 is 1.73 bits per heavy atom. The van der Waals surface area contributed by atoms with Gasteiger partial charge in [-0.15, -0.1) is 0 Å². The molecule has 0 fully saturated rings. The molecule has 15 heavy (non-hydrogen) atoms. The largest absolute Gasteiger partial charge is 0.412 e. The Hall–Kier alpha value is -0.111. The first-order valence-electron chi connectivity index (χ1n) is 4.10. The number of benzene rings is 1. The number of hydrogen-bond donors (Lipinski definition) is 1. The van der Waals surface area contributed by atoms with Crippen LogP contribution in [0.4, 0.5) is 0 Å². The summed E-state index contributed by atoms with van der Waals surface area (Å²) in [7, 11) is -3.60. The fourth-order valence-corrected chi connectivity index (χ4v) is 3.01. The van der Waals surface area contributed by atoms with Crippen LogP contribution in [0, 0.1) is 0 Å². The van der Waals surface area contributed by atoms with Gasteiger partial charge >= 0.3 is 98.1 Å². The molecule has 0 spiro atoms. The Kier molecular flexibility index (Phi) is 4.78. The van der Waals surface area contributed by atoms with Gasteiger partial charge in [-0.1, -0.05) is 0 Å². The summed E-state index contributed by atoms with van der Waals surface area (Å²) in [5.41, 5.74) is 0.792. The molecule has 0 aromatic heterocycles. The zero-order valence-electron chi connectivity index (χ0n) is 8.61. The second-order valence-corrected chi connectivity index (χ2v) is 8.76. The second-order valence-electron chi connectivity index (χ2n) is 3.67. The predicted molar refractivity (Wildman–Crippen MR) is 60.2 cm³/mol. The predicted octanol–water partition coefficient (Wildman–Crippen LogP) is -0.0871. The van der Waals surface area contributed by atoms with Gasteiger partial charge in [-0.2, -0.15) is 0 Å². The molecule has 3 radical (unpaired) electrons. The Morgan fingerprint density at radius 3 is 2.07 bits per heavy atom. The van der Waals surface area contributed by atoms with Crippen LogP contribution >= 0.6 is 0 Å². The Bertz CT molecular complexity index is 437. The van der Waals surface area contributed by atoms with Crippen molar-refractivity contribution in [3.05, 3.63) is 29.8 Å². The van der Waals surface area contributed by atoms with Gasteiger partial charge in [-0.05, 0) is 0 Å². The van der Waals surface area contributed by atoms with Crippen LogP contribution in [0.25, 0.3) is 0 Å². The van der Waals surface area contributed by atoms with Gasteiger partial charge in [-0.25, -0.2) is 0 Å². The maximum absolute atomic E-state index is 11.3. The average molecular weight is 335 g/mol. The topological polar surface area (TPSA) is 91.7 Å². The zero-order valence-corrected chi connectivity index (χ0v) is 12.3. The van der Waals surface area contributed by atoms with E-state index >= 15 is 0 Å². The van der Waals surface area contributed by atoms with Gasteiger partial charge in [0.2, 0.25) is 0 Å². The minimum Gasteiger partial charge on any atom is -0.412 e. The molecule has 1 aromatic carbocycles. The van der Waals surface area contributed by atoms with Crippen molar-refractivity contribution >= 4 is 32.5 Å². The number of sulfonamides is 1. The van der Waals surface area contributed by atoms with E-state index in [1.54, 1.807) is 12.1 Å². The van der Waals surface area contributed by atoms with E-state index in [4.69, 9.17) is 5.14 Å². The Labute approximate surface area is 103 Å². The first-order chi connectivity index (χ1) is 6.23. The fraction of sp³-hybridized carbons (Fsp3) is 0.333. The molecule has 0 saturated carbocycles. The second kappa shape index (κ2) is 4.82. The molecule has 4 N–H and O–H groups in total. The van der Waals surface area contributed by atoms with Crippen molar-refractivity contribution < 1.29 is 13.9 Å². The third-order valence-corrected chi connectivity index (χ3v) is 3.60. The summed E-state index contributed by atoms with van der Waals surface area (Å²) < 4.78 is 22.4. The van der Waals surface area contributed by atoms with E-state index < -0.39 is 10.0 Å². The van der Waals surface area contributed by atoms with Crippen LogP contribution in [0.1, 0.15) is 19.4 Å². The summed E-state index contributed by atoms with van der Waals surface area (Å²) >= 11 is 1.26. The molecule has 1 rings (SSSR count). The van der Waals surface area contributed by atoms with Crippen LogP contribution in [-0.2, 0) is 13.5 Å².